The molecular weight excluding hydrogens is 340 g/mol. The van der Waals surface area contributed by atoms with Crippen molar-refractivity contribution in [3.63, 3.8) is 0 Å². The SMILES string of the molecule is CC(Oc1ccc(C(C)C)cc1)C(=O)NCCNC(=O)C(C)(C)CCl. The Bertz CT molecular complexity index is 571. The number of alkyl halides is 1. The van der Waals surface area contributed by atoms with E-state index in [4.69, 9.17) is 16.3 Å². The first kappa shape index (κ1) is 21.3. The van der Waals surface area contributed by atoms with E-state index in [1.54, 1.807) is 20.8 Å². The number of ether oxygens (including phenoxy) is 1. The Morgan fingerprint density at radius 3 is 2.16 bits per heavy atom. The monoisotopic (exact) mass is 368 g/mol. The topological polar surface area (TPSA) is 67.4 Å². The Kier molecular flexibility index (Phi) is 8.23. The van der Waals surface area contributed by atoms with Crippen LogP contribution in [-0.2, 0) is 9.59 Å². The molecule has 0 aliphatic rings. The largest absolute Gasteiger partial charge is 0.481 e. The number of halogens is 1. The molecule has 1 rings (SSSR count). The van der Waals surface area contributed by atoms with E-state index < -0.39 is 11.5 Å². The lowest BCUT2D eigenvalue weighted by Gasteiger charge is -2.20. The summed E-state index contributed by atoms with van der Waals surface area (Å²) in [5.74, 6) is 0.995. The van der Waals surface area contributed by atoms with Crippen LogP contribution in [0, 0.1) is 5.41 Å². The lowest BCUT2D eigenvalue weighted by atomic mass is 9.95. The summed E-state index contributed by atoms with van der Waals surface area (Å²) in [4.78, 5) is 23.9. The second-order valence-electron chi connectivity index (χ2n) is 7.05. The van der Waals surface area contributed by atoms with Crippen LogP contribution in [0.5, 0.6) is 5.75 Å². The molecule has 0 fully saturated rings. The molecule has 1 aromatic rings. The summed E-state index contributed by atoms with van der Waals surface area (Å²) in [5.41, 5.74) is 0.601. The summed E-state index contributed by atoms with van der Waals surface area (Å²) in [6.07, 6.45) is -0.611. The Balaban J connectivity index is 2.36. The van der Waals surface area contributed by atoms with Gasteiger partial charge in [-0.15, -0.1) is 11.6 Å². The first-order valence-electron chi connectivity index (χ1n) is 8.56. The molecule has 5 nitrogen and oxygen atoms in total. The van der Waals surface area contributed by atoms with Crippen molar-refractivity contribution in [2.24, 2.45) is 5.41 Å². The average Bonchev–Trinajstić information content (AvgIpc) is 2.58. The van der Waals surface area contributed by atoms with Crippen molar-refractivity contribution in [3.05, 3.63) is 29.8 Å². The van der Waals surface area contributed by atoms with Crippen molar-refractivity contribution >= 4 is 23.4 Å². The van der Waals surface area contributed by atoms with Crippen molar-refractivity contribution in [1.29, 1.82) is 0 Å². The molecular formula is C19H29ClN2O3. The molecule has 0 aliphatic heterocycles. The van der Waals surface area contributed by atoms with Crippen molar-refractivity contribution in [1.82, 2.24) is 10.6 Å². The molecule has 2 N–H and O–H groups in total. The number of carbonyl (C=O) groups excluding carboxylic acids is 2. The van der Waals surface area contributed by atoms with E-state index in [1.807, 2.05) is 24.3 Å². The number of benzene rings is 1. The van der Waals surface area contributed by atoms with E-state index >= 15 is 0 Å². The van der Waals surface area contributed by atoms with Gasteiger partial charge in [0.2, 0.25) is 5.91 Å². The van der Waals surface area contributed by atoms with Gasteiger partial charge in [0.05, 0.1) is 5.41 Å². The maximum atomic E-state index is 12.1. The second-order valence-corrected chi connectivity index (χ2v) is 7.32. The second kappa shape index (κ2) is 9.66. The third-order valence-electron chi connectivity index (χ3n) is 3.89. The predicted octanol–water partition coefficient (Wildman–Crippen LogP) is 3.07. The highest BCUT2D eigenvalue weighted by Crippen LogP contribution is 2.19. The molecule has 1 atom stereocenters. The molecule has 0 saturated heterocycles. The number of hydrogen-bond donors (Lipinski definition) is 2. The molecule has 0 aromatic heterocycles. The van der Waals surface area contributed by atoms with Crippen LogP contribution in [0.3, 0.4) is 0 Å². The molecule has 2 amide bonds. The zero-order valence-electron chi connectivity index (χ0n) is 15.7. The van der Waals surface area contributed by atoms with E-state index in [1.165, 1.54) is 5.56 Å². The minimum absolute atomic E-state index is 0.133. The van der Waals surface area contributed by atoms with Crippen molar-refractivity contribution in [2.45, 2.75) is 46.6 Å². The highest BCUT2D eigenvalue weighted by atomic mass is 35.5. The minimum Gasteiger partial charge on any atom is -0.481 e. The standard InChI is InChI=1S/C19H29ClN2O3/c1-13(2)15-6-8-16(9-7-15)25-14(3)17(23)21-10-11-22-18(24)19(4,5)12-20/h6-9,13-14H,10-12H2,1-5H3,(H,21,23)(H,22,24). The third kappa shape index (κ3) is 6.94. The van der Waals surface area contributed by atoms with Gasteiger partial charge in [-0.3, -0.25) is 9.59 Å². The molecule has 140 valence electrons. The number of carbonyl (C=O) groups is 2. The maximum absolute atomic E-state index is 12.1. The molecule has 0 radical (unpaired) electrons. The van der Waals surface area contributed by atoms with Gasteiger partial charge in [0, 0.05) is 19.0 Å². The maximum Gasteiger partial charge on any atom is 0.260 e. The van der Waals surface area contributed by atoms with Gasteiger partial charge >= 0.3 is 0 Å². The van der Waals surface area contributed by atoms with Crippen LogP contribution in [-0.4, -0.2) is 36.9 Å². The highest BCUT2D eigenvalue weighted by molar-refractivity contribution is 6.19. The summed E-state index contributed by atoms with van der Waals surface area (Å²) in [6.45, 7) is 10.2. The molecule has 25 heavy (non-hydrogen) atoms. The predicted molar refractivity (Wildman–Crippen MR) is 101 cm³/mol. The van der Waals surface area contributed by atoms with Crippen LogP contribution >= 0.6 is 11.6 Å². The van der Waals surface area contributed by atoms with E-state index in [2.05, 4.69) is 24.5 Å². The van der Waals surface area contributed by atoms with Gasteiger partial charge in [-0.25, -0.2) is 0 Å². The van der Waals surface area contributed by atoms with Crippen molar-refractivity contribution in [3.8, 4) is 5.75 Å². The number of nitrogens with one attached hydrogen (secondary N) is 2. The fourth-order valence-electron chi connectivity index (χ4n) is 1.99. The van der Waals surface area contributed by atoms with Crippen LogP contribution in [0.4, 0.5) is 0 Å². The van der Waals surface area contributed by atoms with Gasteiger partial charge in [0.25, 0.3) is 5.91 Å². The zero-order chi connectivity index (χ0) is 19.0. The Labute approximate surface area is 155 Å². The van der Waals surface area contributed by atoms with Gasteiger partial charge in [-0.1, -0.05) is 26.0 Å². The normalized spacial score (nSPS) is 12.6. The molecule has 1 unspecified atom stereocenters. The van der Waals surface area contributed by atoms with Gasteiger partial charge < -0.3 is 15.4 Å². The van der Waals surface area contributed by atoms with Crippen LogP contribution in [0.25, 0.3) is 0 Å². The van der Waals surface area contributed by atoms with E-state index in [0.29, 0.717) is 24.8 Å². The van der Waals surface area contributed by atoms with Crippen LogP contribution in [0.15, 0.2) is 24.3 Å². The number of rotatable bonds is 9. The highest BCUT2D eigenvalue weighted by Gasteiger charge is 2.25. The van der Waals surface area contributed by atoms with Gasteiger partial charge in [-0.05, 0) is 44.4 Å². The Morgan fingerprint density at radius 1 is 1.08 bits per heavy atom. The molecule has 6 heteroatoms. The summed E-state index contributed by atoms with van der Waals surface area (Å²) in [7, 11) is 0. The van der Waals surface area contributed by atoms with Crippen LogP contribution < -0.4 is 15.4 Å². The zero-order valence-corrected chi connectivity index (χ0v) is 16.4. The van der Waals surface area contributed by atoms with Crippen LogP contribution in [0.2, 0.25) is 0 Å². The number of amides is 2. The van der Waals surface area contributed by atoms with E-state index in [0.717, 1.165) is 0 Å². The first-order valence-corrected chi connectivity index (χ1v) is 9.09. The first-order chi connectivity index (χ1) is 11.7. The molecule has 0 spiro atoms. The molecule has 0 bridgehead atoms. The summed E-state index contributed by atoms with van der Waals surface area (Å²) >= 11 is 5.75. The lowest BCUT2D eigenvalue weighted by Crippen LogP contribution is -2.44. The smallest absolute Gasteiger partial charge is 0.260 e. The summed E-state index contributed by atoms with van der Waals surface area (Å²) in [6, 6.07) is 7.73. The fraction of sp³-hybridized carbons (Fsp3) is 0.579. The fourth-order valence-corrected chi connectivity index (χ4v) is 2.12. The Morgan fingerprint density at radius 2 is 1.64 bits per heavy atom. The third-order valence-corrected chi connectivity index (χ3v) is 4.56. The summed E-state index contributed by atoms with van der Waals surface area (Å²) in [5, 5.41) is 5.50. The van der Waals surface area contributed by atoms with Gasteiger partial charge in [0.15, 0.2) is 6.10 Å². The molecule has 0 saturated carbocycles. The lowest BCUT2D eigenvalue weighted by molar-refractivity contribution is -0.129. The van der Waals surface area contributed by atoms with Crippen molar-refractivity contribution < 1.29 is 14.3 Å². The molecule has 0 heterocycles. The van der Waals surface area contributed by atoms with Crippen molar-refractivity contribution in [2.75, 3.05) is 19.0 Å². The molecule has 0 aliphatic carbocycles. The van der Waals surface area contributed by atoms with Crippen LogP contribution in [0.1, 0.15) is 46.1 Å². The quantitative estimate of drug-likeness (QED) is 0.520. The Hall–Kier alpha value is -1.75. The average molecular weight is 369 g/mol. The van der Waals surface area contributed by atoms with Gasteiger partial charge in [0.1, 0.15) is 5.75 Å². The van der Waals surface area contributed by atoms with E-state index in [-0.39, 0.29) is 17.7 Å². The van der Waals surface area contributed by atoms with E-state index in [9.17, 15) is 9.59 Å². The molecule has 1 aromatic carbocycles. The summed E-state index contributed by atoms with van der Waals surface area (Å²) < 4.78 is 5.64. The minimum atomic E-state index is -0.621. The number of hydrogen-bond acceptors (Lipinski definition) is 3. The van der Waals surface area contributed by atoms with Gasteiger partial charge in [-0.2, -0.15) is 0 Å².